The highest BCUT2D eigenvalue weighted by molar-refractivity contribution is 5.89. The minimum Gasteiger partial charge on any atom is -0.361 e. The number of alkyl halides is 3. The van der Waals surface area contributed by atoms with E-state index in [1.807, 2.05) is 48.3 Å². The summed E-state index contributed by atoms with van der Waals surface area (Å²) in [5.74, 6) is -0.661. The van der Waals surface area contributed by atoms with Crippen LogP contribution in [0.1, 0.15) is 28.2 Å². The third-order valence-corrected chi connectivity index (χ3v) is 5.80. The second kappa shape index (κ2) is 8.02. The van der Waals surface area contributed by atoms with Gasteiger partial charge in [-0.3, -0.25) is 0 Å². The van der Waals surface area contributed by atoms with Crippen LogP contribution in [-0.4, -0.2) is 9.55 Å². The summed E-state index contributed by atoms with van der Waals surface area (Å²) in [6.45, 7) is 0. The van der Waals surface area contributed by atoms with Crippen molar-refractivity contribution in [2.45, 2.75) is 12.1 Å². The number of para-hydroxylation sites is 1. The average molecular weight is 459 g/mol. The zero-order valence-corrected chi connectivity index (χ0v) is 17.8. The molecule has 2 heterocycles. The number of hydrogen-bond donors (Lipinski definition) is 1. The first-order valence-electron chi connectivity index (χ1n) is 9.80. The molecule has 0 radical (unpaired) electrons. The Kier molecular flexibility index (Phi) is 5.51. The summed E-state index contributed by atoms with van der Waals surface area (Å²) in [5.41, 5.74) is 3.57. The van der Waals surface area contributed by atoms with Crippen molar-refractivity contribution in [3.8, 4) is 0 Å². The molecule has 0 saturated heterocycles. The van der Waals surface area contributed by atoms with E-state index in [1.165, 1.54) is 24.3 Å². The third kappa shape index (κ3) is 3.65. The second-order valence-electron chi connectivity index (χ2n) is 7.70. The highest BCUT2D eigenvalue weighted by atomic mass is 35.5. The van der Waals surface area contributed by atoms with Crippen LogP contribution in [0.15, 0.2) is 79.1 Å². The van der Waals surface area contributed by atoms with Gasteiger partial charge in [-0.05, 0) is 53.1 Å². The minimum atomic E-state index is -4.40. The van der Waals surface area contributed by atoms with Crippen molar-refractivity contribution in [2.24, 2.45) is 7.05 Å². The molecule has 0 bridgehead atoms. The van der Waals surface area contributed by atoms with Crippen LogP contribution in [0.4, 0.5) is 17.6 Å². The minimum absolute atomic E-state index is 0. The van der Waals surface area contributed by atoms with E-state index < -0.39 is 11.7 Å². The topological polar surface area (TPSA) is 20.7 Å². The fraction of sp³-hybridized carbons (Fsp3) is 0.120. The summed E-state index contributed by atoms with van der Waals surface area (Å²) in [6.07, 6.45) is -0.574. The number of nitrogens with one attached hydrogen (secondary N) is 1. The molecule has 1 unspecified atom stereocenters. The molecule has 1 atom stereocenters. The molecule has 0 aliphatic rings. The predicted molar refractivity (Wildman–Crippen MR) is 121 cm³/mol. The van der Waals surface area contributed by atoms with Gasteiger partial charge < -0.3 is 9.55 Å². The number of H-pyrrole nitrogens is 1. The molecule has 32 heavy (non-hydrogen) atoms. The van der Waals surface area contributed by atoms with Gasteiger partial charge in [-0.1, -0.05) is 30.3 Å². The Morgan fingerprint density at radius 2 is 1.59 bits per heavy atom. The zero-order valence-electron chi connectivity index (χ0n) is 17.0. The van der Waals surface area contributed by atoms with Gasteiger partial charge in [0.25, 0.3) is 0 Å². The van der Waals surface area contributed by atoms with Gasteiger partial charge in [-0.25, -0.2) is 4.39 Å². The molecule has 0 aliphatic carbocycles. The van der Waals surface area contributed by atoms with Crippen molar-refractivity contribution >= 4 is 34.2 Å². The molecule has 5 rings (SSSR count). The molecule has 3 aromatic carbocycles. The second-order valence-corrected chi connectivity index (χ2v) is 7.70. The fourth-order valence-corrected chi connectivity index (χ4v) is 4.34. The monoisotopic (exact) mass is 458 g/mol. The lowest BCUT2D eigenvalue weighted by atomic mass is 9.84. The first-order chi connectivity index (χ1) is 14.8. The van der Waals surface area contributed by atoms with E-state index in [-0.39, 0.29) is 24.1 Å². The van der Waals surface area contributed by atoms with Crippen molar-refractivity contribution in [3.63, 3.8) is 0 Å². The molecule has 0 spiro atoms. The summed E-state index contributed by atoms with van der Waals surface area (Å²) in [4.78, 5) is 3.26. The molecule has 0 fully saturated rings. The molecule has 2 nitrogen and oxygen atoms in total. The maximum Gasteiger partial charge on any atom is 0.416 e. The van der Waals surface area contributed by atoms with Gasteiger partial charge in [-0.15, -0.1) is 12.4 Å². The number of aryl methyl sites for hydroxylation is 1. The smallest absolute Gasteiger partial charge is 0.361 e. The Labute approximate surface area is 187 Å². The molecule has 5 aromatic rings. The van der Waals surface area contributed by atoms with Gasteiger partial charge in [0.15, 0.2) is 0 Å². The van der Waals surface area contributed by atoms with Crippen LogP contribution in [0.5, 0.6) is 0 Å². The molecule has 164 valence electrons. The van der Waals surface area contributed by atoms with Gasteiger partial charge in [0.2, 0.25) is 0 Å². The van der Waals surface area contributed by atoms with Crippen molar-refractivity contribution in [1.29, 1.82) is 0 Å². The van der Waals surface area contributed by atoms with Crippen LogP contribution >= 0.6 is 12.4 Å². The van der Waals surface area contributed by atoms with Gasteiger partial charge in [0.05, 0.1) is 11.1 Å². The Bertz CT molecular complexity index is 1400. The van der Waals surface area contributed by atoms with Crippen molar-refractivity contribution in [3.05, 3.63) is 107 Å². The van der Waals surface area contributed by atoms with Gasteiger partial charge in [0.1, 0.15) is 5.82 Å². The number of nitrogens with zero attached hydrogens (tertiary/aromatic N) is 1. The highest BCUT2D eigenvalue weighted by Crippen LogP contribution is 2.41. The number of benzene rings is 3. The molecular formula is C25H19ClF4N2. The van der Waals surface area contributed by atoms with E-state index in [4.69, 9.17) is 0 Å². The van der Waals surface area contributed by atoms with Crippen molar-refractivity contribution in [2.75, 3.05) is 0 Å². The van der Waals surface area contributed by atoms with E-state index in [9.17, 15) is 17.6 Å². The van der Waals surface area contributed by atoms with Crippen LogP contribution in [0, 0.1) is 5.82 Å². The van der Waals surface area contributed by atoms with Gasteiger partial charge >= 0.3 is 6.18 Å². The van der Waals surface area contributed by atoms with E-state index in [0.29, 0.717) is 0 Å². The molecule has 7 heteroatoms. The number of rotatable bonds is 3. The largest absolute Gasteiger partial charge is 0.416 e. The van der Waals surface area contributed by atoms with E-state index in [1.54, 1.807) is 6.07 Å². The lowest BCUT2D eigenvalue weighted by Crippen LogP contribution is -2.07. The highest BCUT2D eigenvalue weighted by Gasteiger charge is 2.31. The van der Waals surface area contributed by atoms with Gasteiger partial charge in [0, 0.05) is 41.6 Å². The number of hydrogen-bond acceptors (Lipinski definition) is 0. The fourth-order valence-electron chi connectivity index (χ4n) is 4.34. The molecule has 1 N–H and O–H groups in total. The van der Waals surface area contributed by atoms with Crippen LogP contribution in [0.3, 0.4) is 0 Å². The first kappa shape index (κ1) is 22.0. The maximum atomic E-state index is 13.9. The molecule has 0 aliphatic heterocycles. The Morgan fingerprint density at radius 3 is 2.31 bits per heavy atom. The standard InChI is InChI=1S/C25H18F4N2.ClH/c1-31-14-21(19-11-10-17(26)12-23(19)31)24(15-6-8-16(9-7-15)25(27,28)29)20-13-30-22-5-3-2-4-18(20)22;/h2-14,24,30H,1H3;1H. The van der Waals surface area contributed by atoms with Crippen molar-refractivity contribution < 1.29 is 17.6 Å². The zero-order chi connectivity index (χ0) is 21.8. The van der Waals surface area contributed by atoms with Crippen molar-refractivity contribution in [1.82, 2.24) is 9.55 Å². The quantitative estimate of drug-likeness (QED) is 0.271. The Morgan fingerprint density at radius 1 is 0.875 bits per heavy atom. The molecular weight excluding hydrogens is 440 g/mol. The maximum absolute atomic E-state index is 13.9. The summed E-state index contributed by atoms with van der Waals surface area (Å²) in [7, 11) is 1.84. The number of aromatic nitrogens is 2. The van der Waals surface area contributed by atoms with E-state index in [0.717, 1.165) is 50.6 Å². The van der Waals surface area contributed by atoms with Crippen LogP contribution in [0.25, 0.3) is 21.8 Å². The Hall–Kier alpha value is -3.25. The summed E-state index contributed by atoms with van der Waals surface area (Å²) < 4.78 is 55.1. The number of fused-ring (bicyclic) bond motifs is 2. The number of aromatic amines is 1. The van der Waals surface area contributed by atoms with E-state index in [2.05, 4.69) is 4.98 Å². The molecule has 0 saturated carbocycles. The Balaban J connectivity index is 0.00000245. The average Bonchev–Trinajstić information content (AvgIpc) is 3.30. The third-order valence-electron chi connectivity index (χ3n) is 5.80. The van der Waals surface area contributed by atoms with Crippen LogP contribution in [-0.2, 0) is 13.2 Å². The SMILES string of the molecule is Cl.Cn1cc(C(c2ccc(C(F)(F)F)cc2)c2c[nH]c3ccccc23)c2ccc(F)cc21. The van der Waals surface area contributed by atoms with E-state index >= 15 is 0 Å². The van der Waals surface area contributed by atoms with Gasteiger partial charge in [-0.2, -0.15) is 13.2 Å². The lowest BCUT2D eigenvalue weighted by molar-refractivity contribution is -0.137. The van der Waals surface area contributed by atoms with Crippen LogP contribution < -0.4 is 0 Å². The number of halogens is 5. The molecule has 2 aromatic heterocycles. The van der Waals surface area contributed by atoms with Crippen LogP contribution in [0.2, 0.25) is 0 Å². The summed E-state index contributed by atoms with van der Waals surface area (Å²) >= 11 is 0. The lowest BCUT2D eigenvalue weighted by Gasteiger charge is -2.18. The summed E-state index contributed by atoms with van der Waals surface area (Å²) in [5, 5.41) is 1.85. The molecule has 0 amide bonds. The predicted octanol–water partition coefficient (Wildman–Crippen LogP) is 7.42. The first-order valence-corrected chi connectivity index (χ1v) is 9.80. The normalized spacial score (nSPS) is 12.8. The summed E-state index contributed by atoms with van der Waals surface area (Å²) in [6, 6.07) is 17.7.